The van der Waals surface area contributed by atoms with E-state index in [9.17, 15) is 4.79 Å². The molecule has 0 amide bonds. The molecule has 4 heteroatoms. The van der Waals surface area contributed by atoms with Gasteiger partial charge in [0.1, 0.15) is 6.29 Å². The number of rotatable bonds is 3. The van der Waals surface area contributed by atoms with Crippen LogP contribution >= 0.6 is 34.8 Å². The van der Waals surface area contributed by atoms with Gasteiger partial charge in [0.05, 0.1) is 0 Å². The summed E-state index contributed by atoms with van der Waals surface area (Å²) in [7, 11) is 0. The number of carbonyl (C=O) groups excluding carboxylic acids is 1. The largest absolute Gasteiger partial charge is 0.303 e. The molecule has 0 aliphatic heterocycles. The van der Waals surface area contributed by atoms with E-state index >= 15 is 0 Å². The molecule has 0 aliphatic rings. The number of aldehydes is 1. The smallest absolute Gasteiger partial charge is 0.190 e. The maximum Gasteiger partial charge on any atom is 0.190 e. The Morgan fingerprint density at radius 2 is 1.89 bits per heavy atom. The summed E-state index contributed by atoms with van der Waals surface area (Å²) in [4.78, 5) is 9.76. The highest BCUT2D eigenvalue weighted by Gasteiger charge is 2.17. The third kappa shape index (κ3) is 8.54. The van der Waals surface area contributed by atoms with E-state index in [2.05, 4.69) is 0 Å². The molecule has 9 heavy (non-hydrogen) atoms. The predicted octanol–water partition coefficient (Wildman–Crippen LogP) is 2.73. The van der Waals surface area contributed by atoms with Gasteiger partial charge < -0.3 is 4.79 Å². The van der Waals surface area contributed by atoms with Crippen molar-refractivity contribution >= 4 is 41.1 Å². The summed E-state index contributed by atoms with van der Waals surface area (Å²) in [5.41, 5.74) is 0. The Balaban J connectivity index is 3.17. The maximum absolute atomic E-state index is 9.76. The van der Waals surface area contributed by atoms with Crippen LogP contribution in [-0.4, -0.2) is 10.1 Å². The van der Waals surface area contributed by atoms with Gasteiger partial charge in [-0.2, -0.15) is 0 Å². The summed E-state index contributed by atoms with van der Waals surface area (Å²) in [6, 6.07) is 0. The van der Waals surface area contributed by atoms with E-state index in [1.807, 2.05) is 0 Å². The van der Waals surface area contributed by atoms with E-state index in [1.54, 1.807) is 0 Å². The molecule has 0 heterocycles. The molecule has 0 fully saturated rings. The van der Waals surface area contributed by atoms with Gasteiger partial charge in [-0.3, -0.25) is 0 Å². The Labute approximate surface area is 69.3 Å². The molecule has 0 unspecified atom stereocenters. The summed E-state index contributed by atoms with van der Waals surface area (Å²) in [6.07, 6.45) is 2.36. The summed E-state index contributed by atoms with van der Waals surface area (Å²) >= 11 is 16.2. The van der Waals surface area contributed by atoms with Crippen LogP contribution in [-0.2, 0) is 4.79 Å². The van der Waals surface area contributed by atoms with Crippen molar-refractivity contribution < 1.29 is 4.79 Å². The zero-order valence-corrected chi connectivity index (χ0v) is 7.01. The molecule has 0 aromatic heterocycles. The van der Waals surface area contributed by atoms with Crippen molar-refractivity contribution in [2.24, 2.45) is 0 Å². The molecule has 0 N–H and O–H groups in total. The number of hydrogen-bond acceptors (Lipinski definition) is 1. The van der Waals surface area contributed by atoms with Crippen LogP contribution in [0.4, 0.5) is 0 Å². The average Bonchev–Trinajstić information content (AvgIpc) is 1.63. The number of unbranched alkanes of at least 4 members (excludes halogenated alkanes) is 1. The lowest BCUT2D eigenvalue weighted by Crippen LogP contribution is -2.00. The molecule has 0 aromatic carbocycles. The van der Waals surface area contributed by atoms with Crippen LogP contribution in [0.25, 0.3) is 0 Å². The molecule has 0 radical (unpaired) electrons. The van der Waals surface area contributed by atoms with E-state index in [-0.39, 0.29) is 0 Å². The Morgan fingerprint density at radius 1 is 1.33 bits per heavy atom. The van der Waals surface area contributed by atoms with Crippen LogP contribution in [0.1, 0.15) is 19.3 Å². The molecule has 1 nitrogen and oxygen atoms in total. The Bertz CT molecular complexity index is 86.7. The molecule has 0 aromatic rings. The molecule has 0 atom stereocenters. The molecular formula is C5H7Cl3O. The first-order chi connectivity index (χ1) is 4.06. The minimum Gasteiger partial charge on any atom is -0.303 e. The second-order valence-electron chi connectivity index (χ2n) is 1.67. The van der Waals surface area contributed by atoms with Gasteiger partial charge in [0.25, 0.3) is 0 Å². The van der Waals surface area contributed by atoms with Gasteiger partial charge in [-0.15, -0.1) is 0 Å². The van der Waals surface area contributed by atoms with Gasteiger partial charge in [0.15, 0.2) is 3.79 Å². The van der Waals surface area contributed by atoms with Crippen molar-refractivity contribution in [2.45, 2.75) is 23.1 Å². The topological polar surface area (TPSA) is 17.1 Å². The molecule has 0 aliphatic carbocycles. The normalized spacial score (nSPS) is 11.4. The fourth-order valence-corrected chi connectivity index (χ4v) is 0.787. The SMILES string of the molecule is O=CCCCC(Cl)(Cl)Cl. The standard InChI is InChI=1S/C5H7Cl3O/c6-5(7,8)3-1-2-4-9/h4H,1-3H2. The van der Waals surface area contributed by atoms with E-state index in [1.165, 1.54) is 0 Å². The first-order valence-electron chi connectivity index (χ1n) is 2.56. The monoisotopic (exact) mass is 188 g/mol. The fourth-order valence-electron chi connectivity index (χ4n) is 0.386. The van der Waals surface area contributed by atoms with Crippen LogP contribution in [0.5, 0.6) is 0 Å². The van der Waals surface area contributed by atoms with E-state index < -0.39 is 3.79 Å². The van der Waals surface area contributed by atoms with Crippen molar-refractivity contribution in [3.63, 3.8) is 0 Å². The highest BCUT2D eigenvalue weighted by Crippen LogP contribution is 2.31. The zero-order valence-electron chi connectivity index (χ0n) is 4.74. The fraction of sp³-hybridized carbons (Fsp3) is 0.800. The lowest BCUT2D eigenvalue weighted by Gasteiger charge is -2.07. The van der Waals surface area contributed by atoms with Gasteiger partial charge in [-0.25, -0.2) is 0 Å². The van der Waals surface area contributed by atoms with Crippen LogP contribution in [0.2, 0.25) is 0 Å². The van der Waals surface area contributed by atoms with Crippen LogP contribution in [0, 0.1) is 0 Å². The third-order valence-corrected chi connectivity index (χ3v) is 1.35. The number of hydrogen-bond donors (Lipinski definition) is 0. The van der Waals surface area contributed by atoms with Gasteiger partial charge >= 0.3 is 0 Å². The first kappa shape index (κ1) is 9.54. The Kier molecular flexibility index (Phi) is 4.63. The molecule has 0 bridgehead atoms. The Hall–Kier alpha value is 0.540. The number of alkyl halides is 3. The maximum atomic E-state index is 9.76. The number of halogens is 3. The summed E-state index contributed by atoms with van der Waals surface area (Å²) in [6.45, 7) is 0. The van der Waals surface area contributed by atoms with Crippen molar-refractivity contribution in [3.8, 4) is 0 Å². The number of carbonyl (C=O) groups is 1. The highest BCUT2D eigenvalue weighted by atomic mass is 35.6. The summed E-state index contributed by atoms with van der Waals surface area (Å²) in [5.74, 6) is 0. The van der Waals surface area contributed by atoms with Crippen molar-refractivity contribution in [3.05, 3.63) is 0 Å². The molecular weight excluding hydrogens is 182 g/mol. The zero-order chi connectivity index (χ0) is 7.33. The molecule has 0 rings (SSSR count). The van der Waals surface area contributed by atoms with Crippen molar-refractivity contribution in [2.75, 3.05) is 0 Å². The minimum absolute atomic E-state index is 0.441. The minimum atomic E-state index is -1.19. The first-order valence-corrected chi connectivity index (χ1v) is 3.70. The average molecular weight is 189 g/mol. The van der Waals surface area contributed by atoms with E-state index in [0.29, 0.717) is 19.3 Å². The second kappa shape index (κ2) is 4.37. The highest BCUT2D eigenvalue weighted by molar-refractivity contribution is 6.67. The lowest BCUT2D eigenvalue weighted by molar-refractivity contribution is -0.107. The molecule has 0 saturated carbocycles. The molecule has 0 saturated heterocycles. The Morgan fingerprint density at radius 3 is 2.22 bits per heavy atom. The van der Waals surface area contributed by atoms with Gasteiger partial charge in [-0.1, -0.05) is 34.8 Å². The van der Waals surface area contributed by atoms with E-state index in [0.717, 1.165) is 6.29 Å². The summed E-state index contributed by atoms with van der Waals surface area (Å²) in [5, 5.41) is 0. The predicted molar refractivity (Wildman–Crippen MR) is 40.2 cm³/mol. The van der Waals surface area contributed by atoms with Crippen molar-refractivity contribution in [1.82, 2.24) is 0 Å². The van der Waals surface area contributed by atoms with Crippen LogP contribution < -0.4 is 0 Å². The van der Waals surface area contributed by atoms with E-state index in [4.69, 9.17) is 34.8 Å². The molecule has 0 spiro atoms. The lowest BCUT2D eigenvalue weighted by atomic mass is 10.3. The van der Waals surface area contributed by atoms with Crippen molar-refractivity contribution in [1.29, 1.82) is 0 Å². The quantitative estimate of drug-likeness (QED) is 0.379. The summed E-state index contributed by atoms with van der Waals surface area (Å²) < 4.78 is -1.19. The molecule has 54 valence electrons. The van der Waals surface area contributed by atoms with Gasteiger partial charge in [0, 0.05) is 6.42 Å². The second-order valence-corrected chi connectivity index (χ2v) is 4.19. The van der Waals surface area contributed by atoms with Gasteiger partial charge in [-0.05, 0) is 12.8 Å². The van der Waals surface area contributed by atoms with Gasteiger partial charge in [0.2, 0.25) is 0 Å². The van der Waals surface area contributed by atoms with Crippen LogP contribution in [0.3, 0.4) is 0 Å². The third-order valence-electron chi connectivity index (χ3n) is 0.782. The van der Waals surface area contributed by atoms with Crippen LogP contribution in [0.15, 0.2) is 0 Å².